The predicted octanol–water partition coefficient (Wildman–Crippen LogP) is 4.77. The lowest BCUT2D eigenvalue weighted by atomic mass is 9.85. The number of aryl methyl sites for hydroxylation is 1. The van der Waals surface area contributed by atoms with E-state index in [1.807, 2.05) is 13.8 Å². The van der Waals surface area contributed by atoms with Gasteiger partial charge in [-0.2, -0.15) is 5.26 Å². The van der Waals surface area contributed by atoms with Gasteiger partial charge in [0.1, 0.15) is 0 Å². The van der Waals surface area contributed by atoms with Gasteiger partial charge in [0.05, 0.1) is 17.0 Å². The number of anilines is 1. The zero-order valence-electron chi connectivity index (χ0n) is 15.8. The van der Waals surface area contributed by atoms with E-state index in [1.54, 1.807) is 57.2 Å². The van der Waals surface area contributed by atoms with Crippen LogP contribution in [0.1, 0.15) is 59.5 Å². The minimum absolute atomic E-state index is 0.146. The molecule has 0 spiro atoms. The monoisotopic (exact) mass is 352 g/mol. The second-order valence-corrected chi connectivity index (χ2v) is 6.11. The molecule has 0 heterocycles. The first-order valence-electron chi connectivity index (χ1n) is 8.41. The van der Waals surface area contributed by atoms with E-state index < -0.39 is 11.4 Å². The fraction of sp³-hybridized carbons (Fsp3) is 0.286. The fourth-order valence-corrected chi connectivity index (χ4v) is 2.25. The highest BCUT2D eigenvalue weighted by molar-refractivity contribution is 6.05. The van der Waals surface area contributed by atoms with Crippen LogP contribution in [-0.2, 0) is 5.41 Å². The molecule has 0 saturated heterocycles. The van der Waals surface area contributed by atoms with Crippen LogP contribution in [-0.4, -0.2) is 17.0 Å². The number of benzene rings is 2. The topological polar surface area (TPSA) is 90.2 Å². The normalized spacial score (nSPS) is 10.2. The van der Waals surface area contributed by atoms with E-state index in [4.69, 9.17) is 5.11 Å². The van der Waals surface area contributed by atoms with E-state index in [0.717, 1.165) is 5.56 Å². The number of carboxylic acid groups (broad SMARTS) is 1. The first-order chi connectivity index (χ1) is 12.2. The van der Waals surface area contributed by atoms with Crippen molar-refractivity contribution in [2.75, 3.05) is 5.32 Å². The smallest absolute Gasteiger partial charge is 0.336 e. The molecule has 0 radical (unpaired) electrons. The third kappa shape index (κ3) is 4.93. The number of nitrogens with zero attached hydrogens (tertiary/aromatic N) is 1. The molecule has 2 aromatic carbocycles. The summed E-state index contributed by atoms with van der Waals surface area (Å²) in [6, 6.07) is 13.8. The van der Waals surface area contributed by atoms with Crippen LogP contribution in [0.5, 0.6) is 0 Å². The predicted molar refractivity (Wildman–Crippen MR) is 103 cm³/mol. The summed E-state index contributed by atoms with van der Waals surface area (Å²) in [6.07, 6.45) is 0. The standard InChI is InChI=1S/C19H18N2O3.C2H6/c1-12-7-8-15(10-16(12)18(23)24)21-17(22)13-5-4-6-14(9-13)19(2,3)11-20;1-2/h4-10H,1-3H3,(H,21,22)(H,23,24);1-2H3. The Morgan fingerprint density at radius 1 is 1.12 bits per heavy atom. The molecule has 5 heteroatoms. The molecule has 0 aliphatic rings. The Morgan fingerprint density at radius 3 is 2.35 bits per heavy atom. The van der Waals surface area contributed by atoms with E-state index in [2.05, 4.69) is 11.4 Å². The summed E-state index contributed by atoms with van der Waals surface area (Å²) in [5.74, 6) is -1.40. The Morgan fingerprint density at radius 2 is 1.77 bits per heavy atom. The Balaban J connectivity index is 0.00000163. The lowest BCUT2D eigenvalue weighted by Crippen LogP contribution is -2.17. The highest BCUT2D eigenvalue weighted by atomic mass is 16.4. The van der Waals surface area contributed by atoms with Crippen LogP contribution >= 0.6 is 0 Å². The lowest BCUT2D eigenvalue weighted by molar-refractivity contribution is 0.0695. The number of carbonyl (C=O) groups is 2. The molecule has 0 aliphatic carbocycles. The number of rotatable bonds is 4. The summed E-state index contributed by atoms with van der Waals surface area (Å²) >= 11 is 0. The molecule has 0 unspecified atom stereocenters. The van der Waals surface area contributed by atoms with Crippen LogP contribution < -0.4 is 5.32 Å². The Kier molecular flexibility index (Phi) is 7.09. The Hall–Kier alpha value is -3.13. The molecule has 5 nitrogen and oxygen atoms in total. The molecule has 0 atom stereocenters. The fourth-order valence-electron chi connectivity index (χ4n) is 2.25. The van der Waals surface area contributed by atoms with E-state index in [-0.39, 0.29) is 11.5 Å². The van der Waals surface area contributed by atoms with Gasteiger partial charge in [-0.25, -0.2) is 4.79 Å². The van der Waals surface area contributed by atoms with Gasteiger partial charge in [-0.3, -0.25) is 4.79 Å². The SMILES string of the molecule is CC.Cc1ccc(NC(=O)c2cccc(C(C)(C)C#N)c2)cc1C(=O)O. The van der Waals surface area contributed by atoms with Crippen LogP contribution in [0.25, 0.3) is 0 Å². The van der Waals surface area contributed by atoms with Crippen LogP contribution in [0.15, 0.2) is 42.5 Å². The lowest BCUT2D eigenvalue weighted by Gasteiger charge is -2.16. The third-order valence-corrected chi connectivity index (χ3v) is 3.85. The summed E-state index contributed by atoms with van der Waals surface area (Å²) in [6.45, 7) is 9.26. The molecule has 0 bridgehead atoms. The van der Waals surface area contributed by atoms with Crippen molar-refractivity contribution in [2.24, 2.45) is 0 Å². The van der Waals surface area contributed by atoms with Crippen molar-refractivity contribution in [1.82, 2.24) is 0 Å². The van der Waals surface area contributed by atoms with E-state index in [0.29, 0.717) is 16.8 Å². The molecule has 2 N–H and O–H groups in total. The van der Waals surface area contributed by atoms with Crippen molar-refractivity contribution >= 4 is 17.6 Å². The van der Waals surface area contributed by atoms with Gasteiger partial charge >= 0.3 is 5.97 Å². The van der Waals surface area contributed by atoms with Crippen molar-refractivity contribution in [3.8, 4) is 6.07 Å². The average Bonchev–Trinajstić information content (AvgIpc) is 2.64. The molecule has 2 rings (SSSR count). The molecule has 2 aromatic rings. The molecule has 0 aromatic heterocycles. The van der Waals surface area contributed by atoms with Crippen molar-refractivity contribution in [3.05, 3.63) is 64.7 Å². The molecule has 26 heavy (non-hydrogen) atoms. The zero-order valence-corrected chi connectivity index (χ0v) is 15.8. The third-order valence-electron chi connectivity index (χ3n) is 3.85. The first-order valence-corrected chi connectivity index (χ1v) is 8.41. The molecule has 136 valence electrons. The molecule has 0 aliphatic heterocycles. The van der Waals surface area contributed by atoms with Gasteiger partial charge < -0.3 is 10.4 Å². The number of aromatic carboxylic acids is 1. The second-order valence-electron chi connectivity index (χ2n) is 6.11. The Bertz CT molecular complexity index is 849. The van der Waals surface area contributed by atoms with Gasteiger partial charge in [0, 0.05) is 11.3 Å². The number of nitrogens with one attached hydrogen (secondary N) is 1. The number of amides is 1. The largest absolute Gasteiger partial charge is 0.478 e. The number of carbonyl (C=O) groups excluding carboxylic acids is 1. The molecular weight excluding hydrogens is 328 g/mol. The van der Waals surface area contributed by atoms with Gasteiger partial charge in [-0.05, 0) is 56.2 Å². The minimum Gasteiger partial charge on any atom is -0.478 e. The van der Waals surface area contributed by atoms with Crippen LogP contribution in [0.4, 0.5) is 5.69 Å². The first kappa shape index (κ1) is 20.9. The second kappa shape index (κ2) is 8.82. The van der Waals surface area contributed by atoms with Crippen LogP contribution in [0.3, 0.4) is 0 Å². The average molecular weight is 352 g/mol. The van der Waals surface area contributed by atoms with E-state index >= 15 is 0 Å². The van der Waals surface area contributed by atoms with E-state index in [9.17, 15) is 14.9 Å². The van der Waals surface area contributed by atoms with Gasteiger partial charge in [-0.1, -0.05) is 32.0 Å². The van der Waals surface area contributed by atoms with Gasteiger partial charge in [-0.15, -0.1) is 0 Å². The number of nitriles is 1. The summed E-state index contributed by atoms with van der Waals surface area (Å²) in [5.41, 5.74) is 1.64. The summed E-state index contributed by atoms with van der Waals surface area (Å²) in [4.78, 5) is 23.6. The maximum absolute atomic E-state index is 12.4. The van der Waals surface area contributed by atoms with Gasteiger partial charge in [0.2, 0.25) is 0 Å². The maximum atomic E-state index is 12.4. The maximum Gasteiger partial charge on any atom is 0.336 e. The highest BCUT2D eigenvalue weighted by Crippen LogP contribution is 2.23. The summed E-state index contributed by atoms with van der Waals surface area (Å²) in [5, 5.41) is 21.1. The van der Waals surface area contributed by atoms with Crippen LogP contribution in [0, 0.1) is 18.3 Å². The van der Waals surface area contributed by atoms with Crippen molar-refractivity contribution in [2.45, 2.75) is 40.0 Å². The van der Waals surface area contributed by atoms with Crippen molar-refractivity contribution < 1.29 is 14.7 Å². The van der Waals surface area contributed by atoms with Gasteiger partial charge in [0.15, 0.2) is 0 Å². The number of hydrogen-bond donors (Lipinski definition) is 2. The number of hydrogen-bond acceptors (Lipinski definition) is 3. The Labute approximate surface area is 154 Å². The number of carboxylic acids is 1. The van der Waals surface area contributed by atoms with Crippen molar-refractivity contribution in [1.29, 1.82) is 5.26 Å². The zero-order chi connectivity index (χ0) is 19.9. The van der Waals surface area contributed by atoms with Crippen molar-refractivity contribution in [3.63, 3.8) is 0 Å². The molecular formula is C21H24N2O3. The highest BCUT2D eigenvalue weighted by Gasteiger charge is 2.21. The molecule has 0 fully saturated rings. The van der Waals surface area contributed by atoms with Gasteiger partial charge in [0.25, 0.3) is 5.91 Å². The molecule has 1 amide bonds. The summed E-state index contributed by atoms with van der Waals surface area (Å²) < 4.78 is 0. The molecule has 0 saturated carbocycles. The minimum atomic E-state index is -1.04. The van der Waals surface area contributed by atoms with E-state index in [1.165, 1.54) is 6.07 Å². The quantitative estimate of drug-likeness (QED) is 0.829. The summed E-state index contributed by atoms with van der Waals surface area (Å²) in [7, 11) is 0. The van der Waals surface area contributed by atoms with Crippen LogP contribution in [0.2, 0.25) is 0 Å².